The molecule has 0 radical (unpaired) electrons. The zero-order valence-electron chi connectivity index (χ0n) is 12.9. The maximum absolute atomic E-state index is 5.50. The van der Waals surface area contributed by atoms with Crippen molar-refractivity contribution in [3.63, 3.8) is 0 Å². The summed E-state index contributed by atoms with van der Waals surface area (Å²) in [4.78, 5) is 8.39. The normalized spacial score (nSPS) is 10.7. The lowest BCUT2D eigenvalue weighted by molar-refractivity contribution is 0.0765. The Balaban J connectivity index is 2.41. The lowest BCUT2D eigenvalue weighted by Crippen LogP contribution is -2.10. The smallest absolute Gasteiger partial charge is 0.204 e. The van der Waals surface area contributed by atoms with Crippen molar-refractivity contribution < 1.29 is 9.47 Å². The van der Waals surface area contributed by atoms with Gasteiger partial charge in [0.05, 0.1) is 13.2 Å². The number of hydrogen-bond acceptors (Lipinski definition) is 6. The number of unbranched alkanes of at least 4 members (excludes halogenated alkanes) is 1. The van der Waals surface area contributed by atoms with Gasteiger partial charge in [0.2, 0.25) is 5.75 Å². The van der Waals surface area contributed by atoms with Crippen molar-refractivity contribution in [1.82, 2.24) is 9.97 Å². The van der Waals surface area contributed by atoms with E-state index in [0.717, 1.165) is 44.2 Å². The molecule has 1 heterocycles. The Morgan fingerprint density at radius 2 is 1.85 bits per heavy atom. The van der Waals surface area contributed by atoms with Crippen LogP contribution in [-0.2, 0) is 4.74 Å². The number of anilines is 2. The van der Waals surface area contributed by atoms with E-state index in [-0.39, 0.29) is 0 Å². The molecule has 0 aliphatic heterocycles. The summed E-state index contributed by atoms with van der Waals surface area (Å²) in [6, 6.07) is 0. The fourth-order valence-corrected chi connectivity index (χ4v) is 1.74. The van der Waals surface area contributed by atoms with E-state index >= 15 is 0 Å². The minimum Gasteiger partial charge on any atom is -0.490 e. The third kappa shape index (κ3) is 5.61. The van der Waals surface area contributed by atoms with Crippen LogP contribution in [0.3, 0.4) is 0 Å². The Morgan fingerprint density at radius 3 is 2.45 bits per heavy atom. The van der Waals surface area contributed by atoms with E-state index in [1.807, 2.05) is 20.8 Å². The van der Waals surface area contributed by atoms with Gasteiger partial charge in [-0.05, 0) is 33.6 Å². The number of nitrogens with zero attached hydrogens (tertiary/aromatic N) is 2. The Hall–Kier alpha value is -1.56. The Morgan fingerprint density at radius 1 is 1.15 bits per heavy atom. The van der Waals surface area contributed by atoms with E-state index in [0.29, 0.717) is 11.9 Å². The van der Waals surface area contributed by atoms with Crippen LogP contribution in [0, 0.1) is 0 Å². The molecule has 0 aromatic carbocycles. The SMILES string of the molecule is CCNc1ncnc(NCCCCOC(C)C)c1OC. The van der Waals surface area contributed by atoms with E-state index in [4.69, 9.17) is 9.47 Å². The molecular weight excluding hydrogens is 256 g/mol. The van der Waals surface area contributed by atoms with Gasteiger partial charge in [-0.25, -0.2) is 9.97 Å². The summed E-state index contributed by atoms with van der Waals surface area (Å²) in [7, 11) is 1.63. The zero-order chi connectivity index (χ0) is 14.8. The molecule has 1 rings (SSSR count). The predicted octanol–water partition coefficient (Wildman–Crippen LogP) is 2.53. The van der Waals surface area contributed by atoms with E-state index < -0.39 is 0 Å². The lowest BCUT2D eigenvalue weighted by Gasteiger charge is -2.13. The molecule has 0 aliphatic rings. The topological polar surface area (TPSA) is 68.3 Å². The average Bonchev–Trinajstić information content (AvgIpc) is 2.43. The first-order valence-corrected chi connectivity index (χ1v) is 7.17. The second-order valence-electron chi connectivity index (χ2n) is 4.69. The van der Waals surface area contributed by atoms with Gasteiger partial charge >= 0.3 is 0 Å². The Labute approximate surface area is 121 Å². The monoisotopic (exact) mass is 282 g/mol. The molecular formula is C14H26N4O2. The Kier molecular flexibility index (Phi) is 7.72. The molecule has 0 atom stereocenters. The third-order valence-corrected chi connectivity index (χ3v) is 2.67. The van der Waals surface area contributed by atoms with Crippen LogP contribution in [0.2, 0.25) is 0 Å². The molecule has 6 heteroatoms. The minimum absolute atomic E-state index is 0.299. The molecule has 20 heavy (non-hydrogen) atoms. The largest absolute Gasteiger partial charge is 0.490 e. The van der Waals surface area contributed by atoms with E-state index in [2.05, 4.69) is 20.6 Å². The van der Waals surface area contributed by atoms with E-state index in [9.17, 15) is 0 Å². The molecule has 0 amide bonds. The van der Waals surface area contributed by atoms with Crippen LogP contribution in [0.1, 0.15) is 33.6 Å². The molecule has 0 spiro atoms. The molecule has 0 aliphatic carbocycles. The quantitative estimate of drug-likeness (QED) is 0.643. The van der Waals surface area contributed by atoms with Gasteiger partial charge in [-0.15, -0.1) is 0 Å². The van der Waals surface area contributed by atoms with Gasteiger partial charge in [0.1, 0.15) is 6.33 Å². The van der Waals surface area contributed by atoms with Crippen LogP contribution in [0.5, 0.6) is 5.75 Å². The molecule has 114 valence electrons. The van der Waals surface area contributed by atoms with Crippen LogP contribution in [-0.4, -0.2) is 42.9 Å². The third-order valence-electron chi connectivity index (χ3n) is 2.67. The fourth-order valence-electron chi connectivity index (χ4n) is 1.74. The molecule has 1 aromatic rings. The highest BCUT2D eigenvalue weighted by Crippen LogP contribution is 2.28. The van der Waals surface area contributed by atoms with Crippen LogP contribution in [0.15, 0.2) is 6.33 Å². The number of ether oxygens (including phenoxy) is 2. The van der Waals surface area contributed by atoms with Gasteiger partial charge in [0, 0.05) is 19.7 Å². The van der Waals surface area contributed by atoms with Crippen molar-refractivity contribution in [3.8, 4) is 5.75 Å². The zero-order valence-corrected chi connectivity index (χ0v) is 12.9. The molecule has 0 unspecified atom stereocenters. The standard InChI is InChI=1S/C14H26N4O2/c1-5-15-13-12(19-4)14(18-10-17-13)16-8-6-7-9-20-11(2)3/h10-11H,5-9H2,1-4H3,(H2,15,16,17,18). The van der Waals surface area contributed by atoms with E-state index in [1.165, 1.54) is 6.33 Å². The minimum atomic E-state index is 0.299. The molecule has 0 saturated carbocycles. The van der Waals surface area contributed by atoms with Gasteiger partial charge in [-0.3, -0.25) is 0 Å². The van der Waals surface area contributed by atoms with Crippen molar-refractivity contribution in [3.05, 3.63) is 6.33 Å². The van der Waals surface area contributed by atoms with E-state index in [1.54, 1.807) is 7.11 Å². The predicted molar refractivity (Wildman–Crippen MR) is 81.6 cm³/mol. The van der Waals surface area contributed by atoms with Crippen molar-refractivity contribution in [1.29, 1.82) is 0 Å². The van der Waals surface area contributed by atoms with Crippen LogP contribution < -0.4 is 15.4 Å². The van der Waals surface area contributed by atoms with Gasteiger partial charge in [-0.2, -0.15) is 0 Å². The maximum atomic E-state index is 5.50. The Bertz CT molecular complexity index is 385. The fraction of sp³-hybridized carbons (Fsp3) is 0.714. The first-order chi connectivity index (χ1) is 9.69. The lowest BCUT2D eigenvalue weighted by atomic mass is 10.3. The summed E-state index contributed by atoms with van der Waals surface area (Å²) in [5, 5.41) is 6.43. The number of nitrogens with one attached hydrogen (secondary N) is 2. The van der Waals surface area contributed by atoms with Crippen LogP contribution in [0.4, 0.5) is 11.6 Å². The summed E-state index contributed by atoms with van der Waals surface area (Å²) in [5.74, 6) is 2.10. The first-order valence-electron chi connectivity index (χ1n) is 7.17. The van der Waals surface area contributed by atoms with Crippen molar-refractivity contribution in [2.75, 3.05) is 37.4 Å². The first kappa shape index (κ1) is 16.5. The van der Waals surface area contributed by atoms with Gasteiger partial charge in [-0.1, -0.05) is 0 Å². The molecule has 6 nitrogen and oxygen atoms in total. The highest BCUT2D eigenvalue weighted by atomic mass is 16.5. The molecule has 0 bridgehead atoms. The number of methoxy groups -OCH3 is 1. The van der Waals surface area contributed by atoms with Crippen molar-refractivity contribution >= 4 is 11.6 Å². The highest BCUT2D eigenvalue weighted by molar-refractivity contribution is 5.63. The summed E-state index contributed by atoms with van der Waals surface area (Å²) in [6.45, 7) is 8.53. The summed E-state index contributed by atoms with van der Waals surface area (Å²) in [5.41, 5.74) is 0. The molecule has 2 N–H and O–H groups in total. The second-order valence-corrected chi connectivity index (χ2v) is 4.69. The number of hydrogen-bond donors (Lipinski definition) is 2. The second kappa shape index (κ2) is 9.36. The number of rotatable bonds is 10. The van der Waals surface area contributed by atoms with Crippen molar-refractivity contribution in [2.24, 2.45) is 0 Å². The molecule has 0 fully saturated rings. The maximum Gasteiger partial charge on any atom is 0.204 e. The summed E-state index contributed by atoms with van der Waals surface area (Å²) >= 11 is 0. The summed E-state index contributed by atoms with van der Waals surface area (Å²) < 4.78 is 10.9. The van der Waals surface area contributed by atoms with Gasteiger partial charge in [0.15, 0.2) is 11.6 Å². The summed E-state index contributed by atoms with van der Waals surface area (Å²) in [6.07, 6.45) is 3.88. The highest BCUT2D eigenvalue weighted by Gasteiger charge is 2.10. The van der Waals surface area contributed by atoms with Crippen molar-refractivity contribution in [2.45, 2.75) is 39.7 Å². The average molecular weight is 282 g/mol. The van der Waals surface area contributed by atoms with Gasteiger partial charge < -0.3 is 20.1 Å². The van der Waals surface area contributed by atoms with Gasteiger partial charge in [0.25, 0.3) is 0 Å². The van der Waals surface area contributed by atoms with Crippen LogP contribution in [0.25, 0.3) is 0 Å². The molecule has 0 saturated heterocycles. The molecule has 1 aromatic heterocycles. The number of aromatic nitrogens is 2. The van der Waals surface area contributed by atoms with Crippen LogP contribution >= 0.6 is 0 Å².